The van der Waals surface area contributed by atoms with Gasteiger partial charge in [0.1, 0.15) is 6.07 Å². The molecule has 0 spiro atoms. The minimum absolute atomic E-state index is 0.0384. The highest BCUT2D eigenvalue weighted by Gasteiger charge is 2.64. The molecule has 182 valence electrons. The van der Waals surface area contributed by atoms with Gasteiger partial charge in [0.15, 0.2) is 0 Å². The van der Waals surface area contributed by atoms with E-state index in [1.54, 1.807) is 12.4 Å². The third-order valence-corrected chi connectivity index (χ3v) is 11.1. The zero-order valence-electron chi connectivity index (χ0n) is 20.8. The number of nitrogens with zero attached hydrogens (tertiary/aromatic N) is 3. The molecule has 2 unspecified atom stereocenters. The summed E-state index contributed by atoms with van der Waals surface area (Å²) in [5.41, 5.74) is -0.539. The molecule has 1 heterocycles. The van der Waals surface area contributed by atoms with Gasteiger partial charge in [-0.3, -0.25) is 4.68 Å². The normalized spacial score (nSPS) is 45.5. The van der Waals surface area contributed by atoms with E-state index in [9.17, 15) is 10.2 Å². The van der Waals surface area contributed by atoms with Crippen molar-refractivity contribution in [3.8, 4) is 6.07 Å². The standard InChI is InChI=1S/C28H43N3O2/c1-4-10-27(32)12-8-22-21(14-27)5-6-24-23(22)7-11-26(3)25(24)9-13-28(26,33)19(2)17-31-18-20(15-29)16-30-31/h16,18-19,21-25,32-33H,4-14,17H2,1-3H3/t19-,21+,22-,23?,24+,25?,26-,27+,28-/m0/s1. The third-order valence-electron chi connectivity index (χ3n) is 11.1. The Morgan fingerprint density at radius 3 is 2.64 bits per heavy atom. The second-order valence-electron chi connectivity index (χ2n) is 12.5. The lowest BCUT2D eigenvalue weighted by atomic mass is 9.47. The molecule has 4 saturated carbocycles. The molecule has 0 bridgehead atoms. The summed E-state index contributed by atoms with van der Waals surface area (Å²) in [4.78, 5) is 0. The van der Waals surface area contributed by atoms with Crippen molar-refractivity contribution in [2.45, 2.75) is 109 Å². The van der Waals surface area contributed by atoms with Gasteiger partial charge in [-0.15, -0.1) is 0 Å². The summed E-state index contributed by atoms with van der Waals surface area (Å²) in [7, 11) is 0. The van der Waals surface area contributed by atoms with Crippen molar-refractivity contribution >= 4 is 0 Å². The Bertz CT molecular complexity index is 907. The molecule has 4 fully saturated rings. The first kappa shape index (κ1) is 23.4. The number of fused-ring (bicyclic) bond motifs is 5. The minimum atomic E-state index is -0.674. The molecule has 4 aliphatic rings. The second-order valence-corrected chi connectivity index (χ2v) is 12.5. The van der Waals surface area contributed by atoms with Crippen molar-refractivity contribution in [1.82, 2.24) is 9.78 Å². The Hall–Kier alpha value is -1.38. The summed E-state index contributed by atoms with van der Waals surface area (Å²) in [5.74, 6) is 3.71. The number of aliphatic hydroxyl groups is 2. The van der Waals surface area contributed by atoms with Crippen LogP contribution in [0.1, 0.15) is 97.0 Å². The van der Waals surface area contributed by atoms with Gasteiger partial charge in [0.2, 0.25) is 0 Å². The van der Waals surface area contributed by atoms with E-state index >= 15 is 0 Å². The average Bonchev–Trinajstić information content (AvgIpc) is 3.35. The predicted molar refractivity (Wildman–Crippen MR) is 128 cm³/mol. The summed E-state index contributed by atoms with van der Waals surface area (Å²) in [6.45, 7) is 7.42. The lowest BCUT2D eigenvalue weighted by molar-refractivity contribution is -0.162. The first-order valence-corrected chi connectivity index (χ1v) is 13.6. The van der Waals surface area contributed by atoms with Crippen LogP contribution in [0, 0.1) is 52.3 Å². The van der Waals surface area contributed by atoms with E-state index < -0.39 is 11.2 Å². The van der Waals surface area contributed by atoms with Gasteiger partial charge in [0.25, 0.3) is 0 Å². The number of rotatable bonds is 5. The maximum Gasteiger partial charge on any atom is 0.102 e. The molecule has 1 aromatic heterocycles. The van der Waals surface area contributed by atoms with Crippen molar-refractivity contribution in [2.75, 3.05) is 0 Å². The van der Waals surface area contributed by atoms with Crippen molar-refractivity contribution in [3.05, 3.63) is 18.0 Å². The molecule has 0 amide bonds. The van der Waals surface area contributed by atoms with Crippen molar-refractivity contribution in [3.63, 3.8) is 0 Å². The monoisotopic (exact) mass is 453 g/mol. The Morgan fingerprint density at radius 2 is 1.91 bits per heavy atom. The van der Waals surface area contributed by atoms with E-state index in [4.69, 9.17) is 5.26 Å². The molecule has 33 heavy (non-hydrogen) atoms. The van der Waals surface area contributed by atoms with Crippen LogP contribution in [-0.4, -0.2) is 31.2 Å². The molecule has 0 saturated heterocycles. The molecular formula is C28H43N3O2. The van der Waals surface area contributed by atoms with E-state index in [1.807, 2.05) is 4.68 Å². The largest absolute Gasteiger partial charge is 0.390 e. The topological polar surface area (TPSA) is 82.1 Å². The smallest absolute Gasteiger partial charge is 0.102 e. The van der Waals surface area contributed by atoms with Crippen LogP contribution in [0.15, 0.2) is 12.4 Å². The van der Waals surface area contributed by atoms with E-state index in [0.29, 0.717) is 23.9 Å². The lowest BCUT2D eigenvalue weighted by Crippen LogP contribution is -2.57. The molecule has 0 aliphatic heterocycles. The molecule has 5 rings (SSSR count). The van der Waals surface area contributed by atoms with Crippen LogP contribution in [-0.2, 0) is 6.54 Å². The fraction of sp³-hybridized carbons (Fsp3) is 0.857. The van der Waals surface area contributed by atoms with Gasteiger partial charge < -0.3 is 10.2 Å². The van der Waals surface area contributed by atoms with E-state index in [1.165, 1.54) is 25.7 Å². The summed E-state index contributed by atoms with van der Waals surface area (Å²) in [5, 5.41) is 36.7. The number of hydrogen-bond donors (Lipinski definition) is 2. The first-order valence-electron chi connectivity index (χ1n) is 13.6. The fourth-order valence-electron chi connectivity index (χ4n) is 9.47. The van der Waals surface area contributed by atoms with Gasteiger partial charge in [-0.25, -0.2) is 0 Å². The zero-order valence-corrected chi connectivity index (χ0v) is 20.8. The molecule has 4 aliphatic carbocycles. The quantitative estimate of drug-likeness (QED) is 0.633. The number of nitriles is 1. The second kappa shape index (κ2) is 8.38. The molecule has 5 heteroatoms. The SMILES string of the molecule is CCC[C@@]1(O)CC[C@@H]2C3CC[C@@]4(C)C(CC[C@]4(O)[C@@H](C)Cn4cc(C#N)cn4)[C@@H]3CC[C@@H]2C1. The summed E-state index contributed by atoms with van der Waals surface area (Å²) < 4.78 is 1.84. The first-order chi connectivity index (χ1) is 15.7. The van der Waals surface area contributed by atoms with Gasteiger partial charge >= 0.3 is 0 Å². The van der Waals surface area contributed by atoms with E-state index in [2.05, 4.69) is 31.9 Å². The van der Waals surface area contributed by atoms with Gasteiger partial charge in [-0.1, -0.05) is 27.2 Å². The predicted octanol–water partition coefficient (Wildman–Crippen LogP) is 5.31. The number of hydrogen-bond acceptors (Lipinski definition) is 4. The molecule has 0 aromatic carbocycles. The Morgan fingerprint density at radius 1 is 1.12 bits per heavy atom. The highest BCUT2D eigenvalue weighted by molar-refractivity contribution is 5.22. The van der Waals surface area contributed by atoms with Crippen LogP contribution in [0.5, 0.6) is 0 Å². The van der Waals surface area contributed by atoms with Gasteiger partial charge in [0.05, 0.1) is 23.0 Å². The van der Waals surface area contributed by atoms with E-state index in [0.717, 1.165) is 62.7 Å². The lowest BCUT2D eigenvalue weighted by Gasteiger charge is -2.59. The zero-order chi connectivity index (χ0) is 23.4. The third kappa shape index (κ3) is 3.67. The van der Waals surface area contributed by atoms with Crippen LogP contribution in [0.3, 0.4) is 0 Å². The summed E-state index contributed by atoms with van der Waals surface area (Å²) in [6, 6.07) is 2.16. The van der Waals surface area contributed by atoms with Gasteiger partial charge in [-0.05, 0) is 99.2 Å². The van der Waals surface area contributed by atoms with Crippen molar-refractivity contribution < 1.29 is 10.2 Å². The molecule has 0 radical (unpaired) electrons. The maximum absolute atomic E-state index is 12.2. The fourth-order valence-corrected chi connectivity index (χ4v) is 9.47. The van der Waals surface area contributed by atoms with Crippen LogP contribution < -0.4 is 0 Å². The Labute approximate surface area is 199 Å². The molecule has 1 aromatic rings. The molecule has 5 nitrogen and oxygen atoms in total. The Balaban J connectivity index is 1.31. The molecule has 2 N–H and O–H groups in total. The maximum atomic E-state index is 12.2. The van der Waals surface area contributed by atoms with E-state index in [-0.39, 0.29) is 11.3 Å². The minimum Gasteiger partial charge on any atom is -0.390 e. The Kier molecular flexibility index (Phi) is 5.93. The average molecular weight is 454 g/mol. The summed E-state index contributed by atoms with van der Waals surface area (Å²) >= 11 is 0. The van der Waals surface area contributed by atoms with Crippen molar-refractivity contribution in [2.24, 2.45) is 40.9 Å². The van der Waals surface area contributed by atoms with Crippen molar-refractivity contribution in [1.29, 1.82) is 5.26 Å². The van der Waals surface area contributed by atoms with Crippen LogP contribution in [0.2, 0.25) is 0 Å². The molecular weight excluding hydrogens is 410 g/mol. The van der Waals surface area contributed by atoms with Gasteiger partial charge in [0, 0.05) is 18.7 Å². The number of aromatic nitrogens is 2. The van der Waals surface area contributed by atoms with Crippen LogP contribution >= 0.6 is 0 Å². The van der Waals surface area contributed by atoms with Crippen LogP contribution in [0.4, 0.5) is 0 Å². The summed E-state index contributed by atoms with van der Waals surface area (Å²) in [6.07, 6.45) is 15.6. The van der Waals surface area contributed by atoms with Gasteiger partial charge in [-0.2, -0.15) is 10.4 Å². The van der Waals surface area contributed by atoms with Crippen LogP contribution in [0.25, 0.3) is 0 Å². The highest BCUT2D eigenvalue weighted by atomic mass is 16.3. The molecule has 9 atom stereocenters. The highest BCUT2D eigenvalue weighted by Crippen LogP contribution is 2.67.